The van der Waals surface area contributed by atoms with Crippen molar-refractivity contribution in [2.24, 2.45) is 0 Å². The number of rotatable bonds is 3. The Morgan fingerprint density at radius 2 is 2.17 bits per heavy atom. The second-order valence-corrected chi connectivity index (χ2v) is 3.81. The second-order valence-electron chi connectivity index (χ2n) is 3.81. The van der Waals surface area contributed by atoms with Crippen LogP contribution in [-0.2, 0) is 4.74 Å². The van der Waals surface area contributed by atoms with Crippen molar-refractivity contribution in [2.45, 2.75) is 0 Å². The van der Waals surface area contributed by atoms with E-state index in [4.69, 9.17) is 10.00 Å². The number of hydrogen-bond donors (Lipinski definition) is 1. The number of nitrogens with zero attached hydrogens (tertiary/aromatic N) is 3. The normalized spacial score (nSPS) is 15.9. The fraction of sp³-hybridized carbons (Fsp3) is 0.364. The number of ether oxygens (including phenoxy) is 1. The van der Waals surface area contributed by atoms with Gasteiger partial charge in [0.1, 0.15) is 11.6 Å². The number of nitrogens with one attached hydrogen (secondary N) is 1. The van der Waals surface area contributed by atoms with Crippen LogP contribution in [0.1, 0.15) is 5.56 Å². The Bertz CT molecular complexity index is 492. The van der Waals surface area contributed by atoms with Crippen molar-refractivity contribution in [3.63, 3.8) is 0 Å². The minimum atomic E-state index is -0.558. The zero-order valence-electron chi connectivity index (χ0n) is 9.63. The fourth-order valence-electron chi connectivity index (χ4n) is 1.71. The van der Waals surface area contributed by atoms with Crippen molar-refractivity contribution in [3.05, 3.63) is 33.9 Å². The number of anilines is 1. The Balaban J connectivity index is 2.14. The molecule has 1 aliphatic rings. The standard InChI is InChI=1S/C11H12N4O3/c12-8-9-7-10(1-2-11(9)15(16)17)13-14-3-5-18-6-4-14/h1-2,7,13H,3-6H2. The Hall–Kier alpha value is -2.17. The number of hydrazine groups is 1. The first-order valence-corrected chi connectivity index (χ1v) is 5.48. The van der Waals surface area contributed by atoms with Gasteiger partial charge in [0.2, 0.25) is 0 Å². The molecular formula is C11H12N4O3. The summed E-state index contributed by atoms with van der Waals surface area (Å²) in [4.78, 5) is 10.1. The molecule has 0 bridgehead atoms. The molecule has 0 amide bonds. The predicted molar refractivity (Wildman–Crippen MR) is 63.8 cm³/mol. The van der Waals surface area contributed by atoms with E-state index in [9.17, 15) is 10.1 Å². The SMILES string of the molecule is N#Cc1cc(NN2CCOCC2)ccc1[N+](=O)[O-]. The third-order valence-corrected chi connectivity index (χ3v) is 2.61. The number of morpholine rings is 1. The monoisotopic (exact) mass is 248 g/mol. The largest absolute Gasteiger partial charge is 0.379 e. The highest BCUT2D eigenvalue weighted by Crippen LogP contribution is 2.22. The summed E-state index contributed by atoms with van der Waals surface area (Å²) in [6.07, 6.45) is 0. The third-order valence-electron chi connectivity index (χ3n) is 2.61. The zero-order chi connectivity index (χ0) is 13.0. The van der Waals surface area contributed by atoms with Crippen molar-refractivity contribution in [1.82, 2.24) is 5.01 Å². The van der Waals surface area contributed by atoms with Crippen LogP contribution >= 0.6 is 0 Å². The topological polar surface area (TPSA) is 91.4 Å². The molecular weight excluding hydrogens is 236 g/mol. The Morgan fingerprint density at radius 3 is 2.78 bits per heavy atom. The fourth-order valence-corrected chi connectivity index (χ4v) is 1.71. The van der Waals surface area contributed by atoms with E-state index in [1.54, 1.807) is 6.07 Å². The molecule has 94 valence electrons. The van der Waals surface area contributed by atoms with Gasteiger partial charge in [0, 0.05) is 19.2 Å². The van der Waals surface area contributed by atoms with Gasteiger partial charge in [-0.1, -0.05) is 0 Å². The Kier molecular flexibility index (Phi) is 3.72. The number of nitriles is 1. The van der Waals surface area contributed by atoms with Gasteiger partial charge in [0.25, 0.3) is 5.69 Å². The van der Waals surface area contributed by atoms with E-state index in [0.717, 1.165) is 13.1 Å². The predicted octanol–water partition coefficient (Wildman–Crippen LogP) is 1.13. The van der Waals surface area contributed by atoms with Crippen molar-refractivity contribution < 1.29 is 9.66 Å². The molecule has 2 rings (SSSR count). The van der Waals surface area contributed by atoms with Crippen LogP contribution in [-0.4, -0.2) is 36.2 Å². The number of benzene rings is 1. The van der Waals surface area contributed by atoms with Gasteiger partial charge in [-0.3, -0.25) is 10.1 Å². The molecule has 0 unspecified atom stereocenters. The van der Waals surface area contributed by atoms with Gasteiger partial charge in [0.15, 0.2) is 0 Å². The summed E-state index contributed by atoms with van der Waals surface area (Å²) in [5.41, 5.74) is 3.65. The van der Waals surface area contributed by atoms with E-state index in [2.05, 4.69) is 5.43 Å². The summed E-state index contributed by atoms with van der Waals surface area (Å²) in [6, 6.07) is 6.24. The average Bonchev–Trinajstić information content (AvgIpc) is 2.39. The van der Waals surface area contributed by atoms with Crippen molar-refractivity contribution >= 4 is 11.4 Å². The van der Waals surface area contributed by atoms with E-state index in [1.165, 1.54) is 12.1 Å². The summed E-state index contributed by atoms with van der Waals surface area (Å²) in [7, 11) is 0. The molecule has 1 N–H and O–H groups in total. The number of hydrogen-bond acceptors (Lipinski definition) is 6. The van der Waals surface area contributed by atoms with Gasteiger partial charge in [-0.2, -0.15) is 5.26 Å². The molecule has 7 nitrogen and oxygen atoms in total. The summed E-state index contributed by atoms with van der Waals surface area (Å²) >= 11 is 0. The molecule has 1 heterocycles. The van der Waals surface area contributed by atoms with Crippen LogP contribution < -0.4 is 5.43 Å². The van der Waals surface area contributed by atoms with E-state index in [0.29, 0.717) is 18.9 Å². The van der Waals surface area contributed by atoms with Crippen LogP contribution in [0, 0.1) is 21.4 Å². The van der Waals surface area contributed by atoms with E-state index in [-0.39, 0.29) is 11.3 Å². The molecule has 0 aromatic heterocycles. The highest BCUT2D eigenvalue weighted by atomic mass is 16.6. The van der Waals surface area contributed by atoms with Crippen LogP contribution in [0.25, 0.3) is 0 Å². The van der Waals surface area contributed by atoms with Gasteiger partial charge in [-0.25, -0.2) is 5.01 Å². The van der Waals surface area contributed by atoms with Crippen molar-refractivity contribution in [3.8, 4) is 6.07 Å². The van der Waals surface area contributed by atoms with Gasteiger partial charge >= 0.3 is 0 Å². The Labute approximate surface area is 104 Å². The van der Waals surface area contributed by atoms with E-state index < -0.39 is 4.92 Å². The van der Waals surface area contributed by atoms with E-state index >= 15 is 0 Å². The molecule has 7 heteroatoms. The molecule has 1 aromatic carbocycles. The van der Waals surface area contributed by atoms with Gasteiger partial charge in [0.05, 0.1) is 23.8 Å². The third kappa shape index (κ3) is 2.74. The van der Waals surface area contributed by atoms with Crippen LogP contribution in [0.2, 0.25) is 0 Å². The maximum absolute atomic E-state index is 10.7. The lowest BCUT2D eigenvalue weighted by molar-refractivity contribution is -0.385. The molecule has 1 fully saturated rings. The quantitative estimate of drug-likeness (QED) is 0.636. The van der Waals surface area contributed by atoms with Crippen LogP contribution in [0.15, 0.2) is 18.2 Å². The molecule has 0 saturated carbocycles. The van der Waals surface area contributed by atoms with Crippen LogP contribution in [0.5, 0.6) is 0 Å². The molecule has 1 saturated heterocycles. The Morgan fingerprint density at radius 1 is 1.44 bits per heavy atom. The van der Waals surface area contributed by atoms with Crippen LogP contribution in [0.3, 0.4) is 0 Å². The number of nitro benzene ring substituents is 1. The van der Waals surface area contributed by atoms with Crippen molar-refractivity contribution in [2.75, 3.05) is 31.7 Å². The highest BCUT2D eigenvalue weighted by Gasteiger charge is 2.15. The maximum Gasteiger partial charge on any atom is 0.287 e. The van der Waals surface area contributed by atoms with Gasteiger partial charge < -0.3 is 10.2 Å². The lowest BCUT2D eigenvalue weighted by Gasteiger charge is -2.27. The smallest absolute Gasteiger partial charge is 0.287 e. The molecule has 0 atom stereocenters. The number of nitro groups is 1. The summed E-state index contributed by atoms with van der Waals surface area (Å²) in [5.74, 6) is 0. The molecule has 18 heavy (non-hydrogen) atoms. The average molecular weight is 248 g/mol. The van der Waals surface area contributed by atoms with Gasteiger partial charge in [-0.05, 0) is 12.1 Å². The molecule has 0 spiro atoms. The van der Waals surface area contributed by atoms with Gasteiger partial charge in [-0.15, -0.1) is 0 Å². The van der Waals surface area contributed by atoms with Crippen LogP contribution in [0.4, 0.5) is 11.4 Å². The summed E-state index contributed by atoms with van der Waals surface area (Å²) in [5, 5.41) is 21.5. The molecule has 0 aliphatic carbocycles. The molecule has 0 radical (unpaired) electrons. The minimum absolute atomic E-state index is 0.0539. The molecule has 1 aliphatic heterocycles. The lowest BCUT2D eigenvalue weighted by atomic mass is 10.2. The second kappa shape index (κ2) is 5.44. The first-order valence-electron chi connectivity index (χ1n) is 5.48. The molecule has 1 aromatic rings. The minimum Gasteiger partial charge on any atom is -0.379 e. The summed E-state index contributed by atoms with van der Waals surface area (Å²) in [6.45, 7) is 2.76. The highest BCUT2D eigenvalue weighted by molar-refractivity contribution is 5.58. The zero-order valence-corrected chi connectivity index (χ0v) is 9.63. The summed E-state index contributed by atoms with van der Waals surface area (Å²) < 4.78 is 5.21. The first kappa shape index (κ1) is 12.3. The first-order chi connectivity index (χ1) is 8.70. The van der Waals surface area contributed by atoms with E-state index in [1.807, 2.05) is 11.1 Å². The maximum atomic E-state index is 10.7. The van der Waals surface area contributed by atoms with Crippen molar-refractivity contribution in [1.29, 1.82) is 5.26 Å². The lowest BCUT2D eigenvalue weighted by Crippen LogP contribution is -2.40.